The van der Waals surface area contributed by atoms with Crippen molar-refractivity contribution in [3.05, 3.63) is 42.7 Å². The molecule has 0 saturated heterocycles. The smallest absolute Gasteiger partial charge is 0.154 e. The van der Waals surface area contributed by atoms with Gasteiger partial charge in [-0.2, -0.15) is 0 Å². The highest BCUT2D eigenvalue weighted by atomic mass is 14.9. The highest BCUT2D eigenvalue weighted by molar-refractivity contribution is 6.03. The number of hydrogen-bond acceptors (Lipinski definition) is 2. The summed E-state index contributed by atoms with van der Waals surface area (Å²) in [6, 6.07) is 3.73. The summed E-state index contributed by atoms with van der Waals surface area (Å²) < 4.78 is 0. The van der Waals surface area contributed by atoms with Gasteiger partial charge in [0.15, 0.2) is 5.84 Å². The summed E-state index contributed by atoms with van der Waals surface area (Å²) in [5.74, 6) is 0.683. The van der Waals surface area contributed by atoms with Gasteiger partial charge >= 0.3 is 0 Å². The van der Waals surface area contributed by atoms with Gasteiger partial charge in [-0.15, -0.1) is 0 Å². The van der Waals surface area contributed by atoms with Crippen LogP contribution in [0.15, 0.2) is 47.2 Å². The van der Waals surface area contributed by atoms with E-state index >= 15 is 0 Å². The fraction of sp³-hybridized carbons (Fsp3) is 0.100. The Labute approximate surface area is 77.6 Å². The molecule has 13 heavy (non-hydrogen) atoms. The molecule has 0 fully saturated rings. The summed E-state index contributed by atoms with van der Waals surface area (Å²) in [6.07, 6.45) is 6.66. The second-order valence-corrected chi connectivity index (χ2v) is 2.30. The summed E-state index contributed by atoms with van der Waals surface area (Å²) in [5, 5.41) is 0. The molecular formula is C10H11N3. The minimum Gasteiger partial charge on any atom is -0.270 e. The highest BCUT2D eigenvalue weighted by Crippen LogP contribution is 1.99. The van der Waals surface area contributed by atoms with Crippen LogP contribution in [0.1, 0.15) is 5.56 Å². The molecule has 0 bridgehead atoms. The van der Waals surface area contributed by atoms with Gasteiger partial charge in [0.25, 0.3) is 0 Å². The van der Waals surface area contributed by atoms with E-state index in [0.717, 1.165) is 5.56 Å². The molecule has 0 aromatic carbocycles. The minimum absolute atomic E-state index is 0.683. The number of aliphatic imine (C=N–C) groups is 2. The Kier molecular flexibility index (Phi) is 3.57. The molecule has 0 aliphatic heterocycles. The average Bonchev–Trinajstić information content (AvgIpc) is 2.21. The molecule has 1 aromatic heterocycles. The van der Waals surface area contributed by atoms with E-state index < -0.39 is 0 Å². The van der Waals surface area contributed by atoms with E-state index in [1.807, 2.05) is 12.1 Å². The number of aromatic nitrogens is 1. The topological polar surface area (TPSA) is 37.6 Å². The number of pyridine rings is 1. The number of amidine groups is 1. The Morgan fingerprint density at radius 2 is 2.15 bits per heavy atom. The van der Waals surface area contributed by atoms with E-state index in [-0.39, 0.29) is 0 Å². The SMILES string of the molecule is C=CC=NC(=NC)c1ccncc1. The van der Waals surface area contributed by atoms with Gasteiger partial charge < -0.3 is 0 Å². The maximum absolute atomic E-state index is 4.11. The third-order valence-corrected chi connectivity index (χ3v) is 1.45. The Hall–Kier alpha value is -1.77. The van der Waals surface area contributed by atoms with Crippen molar-refractivity contribution >= 4 is 12.1 Å². The zero-order chi connectivity index (χ0) is 9.52. The van der Waals surface area contributed by atoms with E-state index in [1.54, 1.807) is 31.7 Å². The van der Waals surface area contributed by atoms with Crippen LogP contribution in [-0.2, 0) is 0 Å². The molecule has 0 atom stereocenters. The third kappa shape index (κ3) is 2.63. The molecule has 3 nitrogen and oxygen atoms in total. The van der Waals surface area contributed by atoms with E-state index in [1.165, 1.54) is 0 Å². The zero-order valence-corrected chi connectivity index (χ0v) is 7.51. The maximum atomic E-state index is 4.11. The normalized spacial score (nSPS) is 11.9. The van der Waals surface area contributed by atoms with Crippen molar-refractivity contribution in [2.45, 2.75) is 0 Å². The molecule has 3 heteroatoms. The summed E-state index contributed by atoms with van der Waals surface area (Å²) in [4.78, 5) is 12.1. The molecule has 0 unspecified atom stereocenters. The third-order valence-electron chi connectivity index (χ3n) is 1.45. The van der Waals surface area contributed by atoms with Gasteiger partial charge in [0.1, 0.15) is 0 Å². The first-order valence-electron chi connectivity index (χ1n) is 3.90. The predicted molar refractivity (Wildman–Crippen MR) is 55.4 cm³/mol. The number of nitrogens with zero attached hydrogens (tertiary/aromatic N) is 3. The lowest BCUT2D eigenvalue weighted by Gasteiger charge is -1.97. The Morgan fingerprint density at radius 1 is 1.46 bits per heavy atom. The van der Waals surface area contributed by atoms with E-state index in [0.29, 0.717) is 5.84 Å². The van der Waals surface area contributed by atoms with Crippen LogP contribution in [0.25, 0.3) is 0 Å². The molecule has 1 rings (SSSR count). The van der Waals surface area contributed by atoms with Crippen molar-refractivity contribution in [2.75, 3.05) is 7.05 Å². The molecule has 1 aromatic rings. The molecule has 0 amide bonds. The van der Waals surface area contributed by atoms with Crippen molar-refractivity contribution in [1.29, 1.82) is 0 Å². The second kappa shape index (κ2) is 4.98. The van der Waals surface area contributed by atoms with E-state index in [9.17, 15) is 0 Å². The molecule has 0 saturated carbocycles. The van der Waals surface area contributed by atoms with Crippen LogP contribution >= 0.6 is 0 Å². The van der Waals surface area contributed by atoms with Crippen LogP contribution in [0.5, 0.6) is 0 Å². The zero-order valence-electron chi connectivity index (χ0n) is 7.51. The van der Waals surface area contributed by atoms with E-state index in [2.05, 4.69) is 21.5 Å². The molecule has 0 radical (unpaired) electrons. The fourth-order valence-electron chi connectivity index (χ4n) is 0.886. The van der Waals surface area contributed by atoms with Crippen LogP contribution in [0.2, 0.25) is 0 Å². The van der Waals surface area contributed by atoms with Crippen LogP contribution in [0, 0.1) is 0 Å². The van der Waals surface area contributed by atoms with Crippen LogP contribution in [0.4, 0.5) is 0 Å². The fourth-order valence-corrected chi connectivity index (χ4v) is 0.886. The van der Waals surface area contributed by atoms with Gasteiger partial charge in [0.2, 0.25) is 0 Å². The van der Waals surface area contributed by atoms with Crippen molar-refractivity contribution < 1.29 is 0 Å². The largest absolute Gasteiger partial charge is 0.270 e. The monoisotopic (exact) mass is 173 g/mol. The highest BCUT2D eigenvalue weighted by Gasteiger charge is 1.96. The van der Waals surface area contributed by atoms with Gasteiger partial charge in [-0.1, -0.05) is 12.7 Å². The van der Waals surface area contributed by atoms with Crippen LogP contribution < -0.4 is 0 Å². The van der Waals surface area contributed by atoms with E-state index in [4.69, 9.17) is 0 Å². The molecule has 0 spiro atoms. The standard InChI is InChI=1S/C10H11N3/c1-3-6-13-10(11-2)9-4-7-12-8-5-9/h3-8H,1H2,2H3. The molecular weight excluding hydrogens is 162 g/mol. The van der Waals surface area contributed by atoms with Crippen molar-refractivity contribution in [2.24, 2.45) is 9.98 Å². The second-order valence-electron chi connectivity index (χ2n) is 2.30. The van der Waals surface area contributed by atoms with Gasteiger partial charge in [0, 0.05) is 31.2 Å². The molecule has 1 heterocycles. The van der Waals surface area contributed by atoms with Gasteiger partial charge in [0.05, 0.1) is 0 Å². The lowest BCUT2D eigenvalue weighted by molar-refractivity contribution is 1.30. The molecule has 0 aliphatic carbocycles. The maximum Gasteiger partial charge on any atom is 0.154 e. The number of rotatable bonds is 2. The first-order chi connectivity index (χ1) is 6.38. The van der Waals surface area contributed by atoms with Gasteiger partial charge in [-0.05, 0) is 12.1 Å². The average molecular weight is 173 g/mol. The Morgan fingerprint density at radius 3 is 2.69 bits per heavy atom. The number of hydrogen-bond donors (Lipinski definition) is 0. The van der Waals surface area contributed by atoms with Crippen molar-refractivity contribution in [3.8, 4) is 0 Å². The Bertz CT molecular complexity index is 325. The first-order valence-corrected chi connectivity index (χ1v) is 3.90. The summed E-state index contributed by atoms with van der Waals surface area (Å²) >= 11 is 0. The lowest BCUT2D eigenvalue weighted by atomic mass is 10.2. The van der Waals surface area contributed by atoms with Gasteiger partial charge in [-0.25, -0.2) is 4.99 Å². The number of allylic oxidation sites excluding steroid dienone is 1. The molecule has 0 N–H and O–H groups in total. The van der Waals surface area contributed by atoms with Crippen LogP contribution in [0.3, 0.4) is 0 Å². The first kappa shape index (κ1) is 9.32. The summed E-state index contributed by atoms with van der Waals surface area (Å²) in [6.45, 7) is 3.54. The summed E-state index contributed by atoms with van der Waals surface area (Å²) in [7, 11) is 1.70. The van der Waals surface area contributed by atoms with Gasteiger partial charge in [-0.3, -0.25) is 9.98 Å². The molecule has 0 aliphatic rings. The lowest BCUT2D eigenvalue weighted by Crippen LogP contribution is -1.96. The minimum atomic E-state index is 0.683. The van der Waals surface area contributed by atoms with Crippen molar-refractivity contribution in [3.63, 3.8) is 0 Å². The quantitative estimate of drug-likeness (QED) is 0.495. The van der Waals surface area contributed by atoms with Crippen molar-refractivity contribution in [1.82, 2.24) is 4.98 Å². The van der Waals surface area contributed by atoms with Crippen LogP contribution in [-0.4, -0.2) is 24.1 Å². The predicted octanol–water partition coefficient (Wildman–Crippen LogP) is 1.71. The summed E-state index contributed by atoms with van der Waals surface area (Å²) in [5.41, 5.74) is 0.954. The molecule has 66 valence electrons. The Balaban J connectivity index is 2.92.